The van der Waals surface area contributed by atoms with Crippen LogP contribution < -0.4 is 10.6 Å². The highest BCUT2D eigenvalue weighted by Gasteiger charge is 2.14. The number of carbonyl (C=O) groups is 2. The average Bonchev–Trinajstić information content (AvgIpc) is 3.12. The van der Waals surface area contributed by atoms with Crippen LogP contribution in [-0.2, 0) is 4.79 Å². The van der Waals surface area contributed by atoms with Crippen LogP contribution in [0.15, 0.2) is 71.6 Å². The first kappa shape index (κ1) is 16.9. The molecule has 2 amide bonds. The topological polar surface area (TPSA) is 76.0 Å². The molecule has 1 heterocycles. The molecule has 6 nitrogen and oxygen atoms in total. The highest BCUT2D eigenvalue weighted by Crippen LogP contribution is 2.20. The van der Waals surface area contributed by atoms with Crippen LogP contribution in [-0.4, -0.2) is 27.9 Å². The summed E-state index contributed by atoms with van der Waals surface area (Å²) in [6.45, 7) is -0.139. The predicted molar refractivity (Wildman–Crippen MR) is 98.7 cm³/mol. The Morgan fingerprint density at radius 1 is 1.04 bits per heavy atom. The van der Waals surface area contributed by atoms with E-state index in [1.807, 2.05) is 48.5 Å². The summed E-state index contributed by atoms with van der Waals surface area (Å²) in [5.41, 5.74) is 1.83. The first-order valence-corrected chi connectivity index (χ1v) is 8.35. The van der Waals surface area contributed by atoms with Crippen LogP contribution in [0.4, 0.5) is 5.69 Å². The van der Waals surface area contributed by atoms with Gasteiger partial charge in [-0.2, -0.15) is 0 Å². The first-order chi connectivity index (χ1) is 12.1. The predicted octanol–water partition coefficient (Wildman–Crippen LogP) is 3.00. The van der Waals surface area contributed by atoms with E-state index in [1.54, 1.807) is 17.0 Å². The molecule has 126 valence electrons. The third kappa shape index (κ3) is 4.13. The number of nitrogens with one attached hydrogen (secondary N) is 2. The number of para-hydroxylation sites is 2. The van der Waals surface area contributed by atoms with Crippen molar-refractivity contribution in [1.82, 2.24) is 14.9 Å². The number of amides is 2. The second kappa shape index (κ2) is 7.76. The minimum Gasteiger partial charge on any atom is -0.342 e. The maximum atomic E-state index is 12.4. The van der Waals surface area contributed by atoms with Gasteiger partial charge in [0, 0.05) is 10.2 Å². The number of carbonyl (C=O) groups excluding carboxylic acids is 2. The van der Waals surface area contributed by atoms with Crippen molar-refractivity contribution >= 4 is 33.4 Å². The summed E-state index contributed by atoms with van der Waals surface area (Å²) in [7, 11) is 0. The summed E-state index contributed by atoms with van der Waals surface area (Å²) in [6.07, 6.45) is 3.03. The van der Waals surface area contributed by atoms with E-state index in [-0.39, 0.29) is 18.4 Å². The number of imidazole rings is 1. The Morgan fingerprint density at radius 3 is 2.52 bits per heavy atom. The molecular weight excluding hydrogens is 384 g/mol. The lowest BCUT2D eigenvalue weighted by atomic mass is 10.3. The summed E-state index contributed by atoms with van der Waals surface area (Å²) < 4.78 is 2.44. The lowest BCUT2D eigenvalue weighted by Crippen LogP contribution is -2.33. The molecular formula is C18H15BrN4O2. The average molecular weight is 399 g/mol. The standard InChI is InChI=1S/C18H15BrN4O2/c19-14-8-4-5-9-15(14)22-17(24)11-21-18(25)16-10-20-12-23(16)13-6-2-1-3-7-13/h1-10,12H,11H2,(H,21,25)(H,22,24). The fourth-order valence-corrected chi connectivity index (χ4v) is 2.65. The van der Waals surface area contributed by atoms with Crippen LogP contribution in [0.3, 0.4) is 0 Å². The Bertz CT molecular complexity index is 893. The summed E-state index contributed by atoms with van der Waals surface area (Å²) >= 11 is 3.36. The smallest absolute Gasteiger partial charge is 0.270 e. The van der Waals surface area contributed by atoms with Gasteiger partial charge in [0.25, 0.3) is 5.91 Å². The van der Waals surface area contributed by atoms with Crippen molar-refractivity contribution in [3.63, 3.8) is 0 Å². The molecule has 0 atom stereocenters. The van der Waals surface area contributed by atoms with Crippen molar-refractivity contribution in [3.05, 3.63) is 77.3 Å². The van der Waals surface area contributed by atoms with Crippen LogP contribution >= 0.6 is 15.9 Å². The van der Waals surface area contributed by atoms with Crippen molar-refractivity contribution < 1.29 is 9.59 Å². The molecule has 2 aromatic carbocycles. The van der Waals surface area contributed by atoms with E-state index in [2.05, 4.69) is 31.5 Å². The van der Waals surface area contributed by atoms with Crippen molar-refractivity contribution in [2.24, 2.45) is 0 Å². The molecule has 0 saturated heterocycles. The van der Waals surface area contributed by atoms with Gasteiger partial charge in [-0.3, -0.25) is 14.2 Å². The van der Waals surface area contributed by atoms with Crippen LogP contribution in [0.1, 0.15) is 10.5 Å². The normalized spacial score (nSPS) is 10.3. The number of hydrogen-bond acceptors (Lipinski definition) is 3. The lowest BCUT2D eigenvalue weighted by Gasteiger charge is -2.10. The molecule has 2 N–H and O–H groups in total. The number of rotatable bonds is 5. The summed E-state index contributed by atoms with van der Waals surface area (Å²) in [6, 6.07) is 16.7. The molecule has 25 heavy (non-hydrogen) atoms. The number of benzene rings is 2. The van der Waals surface area contributed by atoms with E-state index >= 15 is 0 Å². The molecule has 0 unspecified atom stereocenters. The highest BCUT2D eigenvalue weighted by atomic mass is 79.9. The minimum absolute atomic E-state index is 0.139. The summed E-state index contributed by atoms with van der Waals surface area (Å²) in [5.74, 6) is -0.686. The molecule has 0 aliphatic heterocycles. The van der Waals surface area contributed by atoms with Crippen molar-refractivity contribution in [2.75, 3.05) is 11.9 Å². The van der Waals surface area contributed by atoms with Gasteiger partial charge in [0.15, 0.2) is 0 Å². The molecule has 0 radical (unpaired) electrons. The van der Waals surface area contributed by atoms with E-state index in [9.17, 15) is 9.59 Å². The Hall–Kier alpha value is -2.93. The van der Waals surface area contributed by atoms with Crippen molar-refractivity contribution in [2.45, 2.75) is 0 Å². The zero-order valence-electron chi connectivity index (χ0n) is 13.1. The summed E-state index contributed by atoms with van der Waals surface area (Å²) in [4.78, 5) is 28.4. The third-order valence-electron chi connectivity index (χ3n) is 3.46. The molecule has 0 fully saturated rings. The van der Waals surface area contributed by atoms with E-state index in [0.717, 1.165) is 10.2 Å². The van der Waals surface area contributed by atoms with Gasteiger partial charge in [-0.05, 0) is 40.2 Å². The van der Waals surface area contributed by atoms with E-state index in [1.165, 1.54) is 6.20 Å². The van der Waals surface area contributed by atoms with Crippen LogP contribution in [0.25, 0.3) is 5.69 Å². The van der Waals surface area contributed by atoms with Gasteiger partial charge in [-0.1, -0.05) is 30.3 Å². The van der Waals surface area contributed by atoms with Crippen LogP contribution in [0.5, 0.6) is 0 Å². The Morgan fingerprint density at radius 2 is 1.76 bits per heavy atom. The molecule has 3 aromatic rings. The molecule has 0 bridgehead atoms. The van der Waals surface area contributed by atoms with Gasteiger partial charge in [-0.15, -0.1) is 0 Å². The first-order valence-electron chi connectivity index (χ1n) is 7.55. The molecule has 7 heteroatoms. The Labute approximate surface area is 153 Å². The lowest BCUT2D eigenvalue weighted by molar-refractivity contribution is -0.115. The maximum Gasteiger partial charge on any atom is 0.270 e. The Balaban J connectivity index is 1.63. The van der Waals surface area contributed by atoms with E-state index in [0.29, 0.717) is 11.4 Å². The maximum absolute atomic E-state index is 12.4. The van der Waals surface area contributed by atoms with Gasteiger partial charge >= 0.3 is 0 Å². The second-order valence-electron chi connectivity index (χ2n) is 5.20. The molecule has 0 aliphatic rings. The Kier molecular flexibility index (Phi) is 5.25. The van der Waals surface area contributed by atoms with Gasteiger partial charge in [0.1, 0.15) is 5.69 Å². The molecule has 0 saturated carbocycles. The van der Waals surface area contributed by atoms with Crippen LogP contribution in [0.2, 0.25) is 0 Å². The number of halogens is 1. The van der Waals surface area contributed by atoms with Crippen molar-refractivity contribution in [3.8, 4) is 5.69 Å². The number of hydrogen-bond donors (Lipinski definition) is 2. The molecule has 0 aliphatic carbocycles. The quantitative estimate of drug-likeness (QED) is 0.693. The van der Waals surface area contributed by atoms with E-state index in [4.69, 9.17) is 0 Å². The van der Waals surface area contributed by atoms with Gasteiger partial charge < -0.3 is 10.6 Å². The largest absolute Gasteiger partial charge is 0.342 e. The fraction of sp³-hybridized carbons (Fsp3) is 0.0556. The third-order valence-corrected chi connectivity index (χ3v) is 4.15. The van der Waals surface area contributed by atoms with Gasteiger partial charge in [-0.25, -0.2) is 4.98 Å². The zero-order valence-corrected chi connectivity index (χ0v) is 14.7. The van der Waals surface area contributed by atoms with Crippen molar-refractivity contribution in [1.29, 1.82) is 0 Å². The minimum atomic E-state index is -0.372. The number of aromatic nitrogens is 2. The fourth-order valence-electron chi connectivity index (χ4n) is 2.27. The monoisotopic (exact) mass is 398 g/mol. The van der Waals surface area contributed by atoms with Gasteiger partial charge in [0.05, 0.1) is 24.8 Å². The summed E-state index contributed by atoms with van der Waals surface area (Å²) in [5, 5.41) is 5.34. The number of nitrogens with zero attached hydrogens (tertiary/aromatic N) is 2. The molecule has 3 rings (SSSR count). The van der Waals surface area contributed by atoms with Gasteiger partial charge in [0.2, 0.25) is 5.91 Å². The number of anilines is 1. The zero-order chi connectivity index (χ0) is 17.6. The highest BCUT2D eigenvalue weighted by molar-refractivity contribution is 9.10. The van der Waals surface area contributed by atoms with E-state index < -0.39 is 0 Å². The molecule has 1 aromatic heterocycles. The second-order valence-corrected chi connectivity index (χ2v) is 6.05. The van der Waals surface area contributed by atoms with Crippen LogP contribution in [0, 0.1) is 0 Å². The SMILES string of the molecule is O=C(CNC(=O)c1cncn1-c1ccccc1)Nc1ccccc1Br. The molecule has 0 spiro atoms.